The number of rotatable bonds is 5. The second-order valence-corrected chi connectivity index (χ2v) is 14.4. The van der Waals surface area contributed by atoms with Gasteiger partial charge in [-0.1, -0.05) is 133 Å². The van der Waals surface area contributed by atoms with E-state index < -0.39 is 0 Å². The Labute approximate surface area is 332 Å². The maximum atomic E-state index is 6.68. The fraction of sp³-hybridized carbons (Fsp3) is 0. The summed E-state index contributed by atoms with van der Waals surface area (Å²) >= 11 is 0. The Morgan fingerprint density at radius 3 is 1.79 bits per heavy atom. The first kappa shape index (κ1) is 32.2. The van der Waals surface area contributed by atoms with Crippen molar-refractivity contribution in [2.75, 3.05) is 4.90 Å². The Morgan fingerprint density at radius 1 is 0.379 bits per heavy atom. The van der Waals surface area contributed by atoms with Gasteiger partial charge in [-0.2, -0.15) is 9.97 Å². The fourth-order valence-electron chi connectivity index (χ4n) is 8.37. The molecule has 7 heteroatoms. The molecule has 0 radical (unpaired) electrons. The normalized spacial score (nSPS) is 12.2. The standard InChI is InChI=1S/C51H31N5O2/c1-3-14-32(15-4-1)49-52-50(33-16-5-2-6-17-33)54-51(53-49)56-40-21-9-7-18-36(40)39-30-34(26-28-41(39)56)35-27-29-43-47(31-35)57-46-25-12-10-22-42(46)55(43)44-23-13-20-38-37-19-8-11-24-45(37)58-48(38)44/h1-31H. The van der Waals surface area contributed by atoms with Gasteiger partial charge in [0.05, 0.1) is 28.1 Å². The van der Waals surface area contributed by atoms with Gasteiger partial charge in [0.1, 0.15) is 5.58 Å². The van der Waals surface area contributed by atoms with Gasteiger partial charge in [-0.3, -0.25) is 9.47 Å². The third-order valence-corrected chi connectivity index (χ3v) is 11.0. The summed E-state index contributed by atoms with van der Waals surface area (Å²) in [6, 6.07) is 64.4. The molecule has 12 rings (SSSR count). The van der Waals surface area contributed by atoms with E-state index in [1.165, 1.54) is 0 Å². The Kier molecular flexibility index (Phi) is 7.09. The smallest absolute Gasteiger partial charge is 0.238 e. The first-order valence-corrected chi connectivity index (χ1v) is 19.3. The Bertz CT molecular complexity index is 3330. The van der Waals surface area contributed by atoms with Crippen molar-refractivity contribution < 1.29 is 9.15 Å². The lowest BCUT2D eigenvalue weighted by molar-refractivity contribution is 0.477. The molecular formula is C51H31N5O2. The van der Waals surface area contributed by atoms with Crippen LogP contribution in [-0.4, -0.2) is 19.5 Å². The van der Waals surface area contributed by atoms with Crippen molar-refractivity contribution in [1.29, 1.82) is 0 Å². The van der Waals surface area contributed by atoms with Crippen LogP contribution in [0.15, 0.2) is 192 Å². The van der Waals surface area contributed by atoms with Crippen molar-refractivity contribution in [1.82, 2.24) is 19.5 Å². The number of aromatic nitrogens is 4. The molecule has 8 aromatic carbocycles. The summed E-state index contributed by atoms with van der Waals surface area (Å²) in [7, 11) is 0. The van der Waals surface area contributed by atoms with Crippen molar-refractivity contribution >= 4 is 60.8 Å². The van der Waals surface area contributed by atoms with E-state index in [4.69, 9.17) is 24.1 Å². The van der Waals surface area contributed by atoms with Crippen molar-refractivity contribution in [3.05, 3.63) is 188 Å². The van der Waals surface area contributed by atoms with Gasteiger partial charge < -0.3 is 9.15 Å². The summed E-state index contributed by atoms with van der Waals surface area (Å²) in [5.41, 5.74) is 10.5. The maximum absolute atomic E-state index is 6.68. The zero-order valence-corrected chi connectivity index (χ0v) is 31.0. The van der Waals surface area contributed by atoms with E-state index in [1.807, 2.05) is 91.0 Å². The number of para-hydroxylation sites is 5. The highest BCUT2D eigenvalue weighted by Gasteiger charge is 2.29. The minimum Gasteiger partial charge on any atom is -0.454 e. The molecule has 0 amide bonds. The van der Waals surface area contributed by atoms with E-state index in [1.54, 1.807) is 0 Å². The van der Waals surface area contributed by atoms with Crippen LogP contribution in [0.5, 0.6) is 11.5 Å². The van der Waals surface area contributed by atoms with Crippen LogP contribution >= 0.6 is 0 Å². The summed E-state index contributed by atoms with van der Waals surface area (Å²) in [6.07, 6.45) is 0. The molecule has 3 aromatic heterocycles. The van der Waals surface area contributed by atoms with Crippen LogP contribution in [0.2, 0.25) is 0 Å². The molecule has 0 bridgehead atoms. The minimum atomic E-state index is 0.562. The van der Waals surface area contributed by atoms with Gasteiger partial charge in [-0.25, -0.2) is 4.98 Å². The van der Waals surface area contributed by atoms with Gasteiger partial charge in [-0.15, -0.1) is 0 Å². The number of hydrogen-bond acceptors (Lipinski definition) is 6. The maximum Gasteiger partial charge on any atom is 0.238 e. The first-order chi connectivity index (χ1) is 28.7. The average molecular weight is 746 g/mol. The molecule has 7 nitrogen and oxygen atoms in total. The summed E-state index contributed by atoms with van der Waals surface area (Å²) in [5.74, 6) is 3.34. The van der Waals surface area contributed by atoms with E-state index in [2.05, 4.69) is 107 Å². The topological polar surface area (TPSA) is 69.2 Å². The highest BCUT2D eigenvalue weighted by molar-refractivity contribution is 6.12. The number of anilines is 3. The Hall–Kier alpha value is -8.03. The minimum absolute atomic E-state index is 0.562. The van der Waals surface area contributed by atoms with Crippen molar-refractivity contribution in [2.45, 2.75) is 0 Å². The number of ether oxygens (including phenoxy) is 1. The third-order valence-electron chi connectivity index (χ3n) is 11.0. The second-order valence-electron chi connectivity index (χ2n) is 14.4. The van der Waals surface area contributed by atoms with Crippen molar-refractivity contribution in [2.24, 2.45) is 0 Å². The zero-order chi connectivity index (χ0) is 38.2. The molecular weight excluding hydrogens is 715 g/mol. The number of fused-ring (bicyclic) bond motifs is 8. The van der Waals surface area contributed by atoms with Crippen LogP contribution in [0, 0.1) is 0 Å². The molecule has 0 unspecified atom stereocenters. The van der Waals surface area contributed by atoms with Crippen LogP contribution in [0.3, 0.4) is 0 Å². The van der Waals surface area contributed by atoms with E-state index in [9.17, 15) is 0 Å². The largest absolute Gasteiger partial charge is 0.454 e. The lowest BCUT2D eigenvalue weighted by Crippen LogP contribution is -2.16. The fourth-order valence-corrected chi connectivity index (χ4v) is 8.37. The van der Waals surface area contributed by atoms with Gasteiger partial charge in [-0.05, 0) is 65.7 Å². The van der Waals surface area contributed by atoms with Crippen LogP contribution < -0.4 is 9.64 Å². The number of hydrogen-bond donors (Lipinski definition) is 0. The van der Waals surface area contributed by atoms with Gasteiger partial charge in [0, 0.05) is 32.7 Å². The third kappa shape index (κ3) is 5.04. The van der Waals surface area contributed by atoms with Crippen LogP contribution in [0.1, 0.15) is 0 Å². The molecule has 1 aliphatic heterocycles. The molecule has 272 valence electrons. The van der Waals surface area contributed by atoms with Crippen LogP contribution in [0.25, 0.3) is 83.6 Å². The summed E-state index contributed by atoms with van der Waals surface area (Å²) in [5, 5.41) is 4.37. The Morgan fingerprint density at radius 2 is 0.983 bits per heavy atom. The van der Waals surface area contributed by atoms with Crippen LogP contribution in [-0.2, 0) is 0 Å². The first-order valence-electron chi connectivity index (χ1n) is 19.3. The van der Waals surface area contributed by atoms with Crippen LogP contribution in [0.4, 0.5) is 17.1 Å². The van der Waals surface area contributed by atoms with Gasteiger partial charge in [0.25, 0.3) is 0 Å². The quantitative estimate of drug-likeness (QED) is 0.175. The van der Waals surface area contributed by atoms with E-state index in [0.29, 0.717) is 17.6 Å². The molecule has 0 saturated carbocycles. The predicted molar refractivity (Wildman–Crippen MR) is 233 cm³/mol. The zero-order valence-electron chi connectivity index (χ0n) is 31.0. The molecule has 1 aliphatic rings. The number of benzene rings is 8. The van der Waals surface area contributed by atoms with Gasteiger partial charge in [0.15, 0.2) is 28.7 Å². The van der Waals surface area contributed by atoms with Crippen molar-refractivity contribution in [3.63, 3.8) is 0 Å². The lowest BCUT2D eigenvalue weighted by Gasteiger charge is -2.33. The second kappa shape index (κ2) is 12.8. The molecule has 0 aliphatic carbocycles. The molecule has 0 spiro atoms. The number of nitrogens with zero attached hydrogens (tertiary/aromatic N) is 5. The SMILES string of the molecule is c1ccc(-c2nc(-c3ccccc3)nc(-n3c4ccccc4c4cc(-c5ccc6c(c5)Oc5ccccc5N6c5cccc6c5oc5ccccc56)ccc43)n2)cc1. The molecule has 0 fully saturated rings. The molecule has 11 aromatic rings. The summed E-state index contributed by atoms with van der Waals surface area (Å²) in [6.45, 7) is 0. The highest BCUT2D eigenvalue weighted by Crippen LogP contribution is 2.53. The van der Waals surface area contributed by atoms with Gasteiger partial charge >= 0.3 is 0 Å². The summed E-state index contributed by atoms with van der Waals surface area (Å²) in [4.78, 5) is 17.4. The van der Waals surface area contributed by atoms with Gasteiger partial charge in [0.2, 0.25) is 5.95 Å². The average Bonchev–Trinajstić information content (AvgIpc) is 3.84. The molecule has 4 heterocycles. The molecule has 0 N–H and O–H groups in total. The highest BCUT2D eigenvalue weighted by atomic mass is 16.5. The van der Waals surface area contributed by atoms with E-state index in [-0.39, 0.29) is 0 Å². The molecule has 0 saturated heterocycles. The Balaban J connectivity index is 1.01. The molecule has 58 heavy (non-hydrogen) atoms. The summed E-state index contributed by atoms with van der Waals surface area (Å²) < 4.78 is 15.4. The molecule has 0 atom stereocenters. The number of furan rings is 1. The van der Waals surface area contributed by atoms with E-state index in [0.717, 1.165) is 94.6 Å². The monoisotopic (exact) mass is 745 g/mol. The van der Waals surface area contributed by atoms with E-state index >= 15 is 0 Å². The predicted octanol–water partition coefficient (Wildman–Crippen LogP) is 13.4. The van der Waals surface area contributed by atoms with Crippen molar-refractivity contribution in [3.8, 4) is 51.3 Å². The lowest BCUT2D eigenvalue weighted by atomic mass is 10.0.